The molecule has 200 valence electrons. The Morgan fingerprint density at radius 2 is 1.35 bits per heavy atom. The first-order valence-electron chi connectivity index (χ1n) is 12.4. The van der Waals surface area contributed by atoms with Crippen LogP contribution in [0.5, 0.6) is 0 Å². The van der Waals surface area contributed by atoms with E-state index < -0.39 is 80.4 Å². The van der Waals surface area contributed by atoms with E-state index in [2.05, 4.69) is 6.92 Å². The number of rotatable bonds is 12. The van der Waals surface area contributed by atoms with E-state index in [0.717, 1.165) is 19.3 Å². The largest absolute Gasteiger partial charge is 0.394 e. The standard InChI is InChI=1S/C23H42O11/c1-4-5-6-7-8-9-10-29-21-16(27)15(26)18(13(11-24)30-21)32-22-17(28)20-19(14(12-25)31-22)33-23(2,3)34-20/h13-22,24-28H,4-12H2,1-3H3/t13-,14-,15-,16-,17-,18-,19+,20-,21-,22+/m1/s1. The summed E-state index contributed by atoms with van der Waals surface area (Å²) in [6, 6.07) is 0. The van der Waals surface area contributed by atoms with Crippen molar-refractivity contribution in [2.45, 2.75) is 126 Å². The van der Waals surface area contributed by atoms with E-state index in [1.165, 1.54) is 19.3 Å². The SMILES string of the molecule is CCCCCCCCO[C@@H]1O[C@H](CO)[C@@H](O[C@@H]2O[C@H](CO)[C@@H]3OC(C)(C)O[C@@H]3[C@H]2O)[C@H](O)[C@H]1O. The number of hydrogen-bond acceptors (Lipinski definition) is 11. The second-order valence-electron chi connectivity index (χ2n) is 9.73. The number of ether oxygens (including phenoxy) is 6. The van der Waals surface area contributed by atoms with E-state index in [-0.39, 0.29) is 0 Å². The van der Waals surface area contributed by atoms with Crippen LogP contribution >= 0.6 is 0 Å². The lowest BCUT2D eigenvalue weighted by Gasteiger charge is -2.45. The van der Waals surface area contributed by atoms with E-state index >= 15 is 0 Å². The molecule has 3 rings (SSSR count). The molecule has 3 heterocycles. The molecule has 0 radical (unpaired) electrons. The maximum absolute atomic E-state index is 10.8. The van der Waals surface area contributed by atoms with Crippen molar-refractivity contribution in [3.05, 3.63) is 0 Å². The van der Waals surface area contributed by atoms with Gasteiger partial charge in [-0.25, -0.2) is 0 Å². The third-order valence-electron chi connectivity index (χ3n) is 6.53. The van der Waals surface area contributed by atoms with Crippen LogP contribution < -0.4 is 0 Å². The summed E-state index contributed by atoms with van der Waals surface area (Å²) >= 11 is 0. The average molecular weight is 495 g/mol. The molecule has 0 aliphatic carbocycles. The fourth-order valence-electron chi connectivity index (χ4n) is 4.71. The first-order chi connectivity index (χ1) is 16.2. The number of aliphatic hydroxyl groups excluding tert-OH is 5. The van der Waals surface area contributed by atoms with Crippen LogP contribution in [0.3, 0.4) is 0 Å². The van der Waals surface area contributed by atoms with Crippen molar-refractivity contribution in [3.63, 3.8) is 0 Å². The van der Waals surface area contributed by atoms with Gasteiger partial charge in [-0.15, -0.1) is 0 Å². The molecule has 0 aromatic rings. The summed E-state index contributed by atoms with van der Waals surface area (Å²) in [5, 5.41) is 51.7. The Morgan fingerprint density at radius 1 is 0.735 bits per heavy atom. The van der Waals surface area contributed by atoms with Crippen molar-refractivity contribution in [3.8, 4) is 0 Å². The molecule has 0 unspecified atom stereocenters. The summed E-state index contributed by atoms with van der Waals surface area (Å²) in [7, 11) is 0. The minimum Gasteiger partial charge on any atom is -0.394 e. The third-order valence-corrected chi connectivity index (χ3v) is 6.53. The highest BCUT2D eigenvalue weighted by Gasteiger charge is 2.56. The topological polar surface area (TPSA) is 157 Å². The number of fused-ring (bicyclic) bond motifs is 1. The van der Waals surface area contributed by atoms with E-state index in [1.54, 1.807) is 13.8 Å². The van der Waals surface area contributed by atoms with Gasteiger partial charge in [0.25, 0.3) is 0 Å². The van der Waals surface area contributed by atoms with Gasteiger partial charge < -0.3 is 54.0 Å². The molecule has 10 atom stereocenters. The zero-order valence-corrected chi connectivity index (χ0v) is 20.3. The molecule has 0 saturated carbocycles. The van der Waals surface area contributed by atoms with Gasteiger partial charge in [0.05, 0.1) is 13.2 Å². The molecule has 0 bridgehead atoms. The molecule has 0 spiro atoms. The fraction of sp³-hybridized carbons (Fsp3) is 1.00. The van der Waals surface area contributed by atoms with Crippen molar-refractivity contribution >= 4 is 0 Å². The van der Waals surface area contributed by atoms with Crippen LogP contribution in [0.25, 0.3) is 0 Å². The predicted molar refractivity (Wildman–Crippen MR) is 118 cm³/mol. The van der Waals surface area contributed by atoms with Crippen molar-refractivity contribution in [1.82, 2.24) is 0 Å². The summed E-state index contributed by atoms with van der Waals surface area (Å²) in [5.41, 5.74) is 0. The van der Waals surface area contributed by atoms with Crippen LogP contribution in [0.4, 0.5) is 0 Å². The smallest absolute Gasteiger partial charge is 0.187 e. The summed E-state index contributed by atoms with van der Waals surface area (Å²) in [5.74, 6) is -0.986. The van der Waals surface area contributed by atoms with Crippen LogP contribution in [-0.4, -0.2) is 113 Å². The molecular formula is C23H42O11. The van der Waals surface area contributed by atoms with Crippen LogP contribution in [-0.2, 0) is 28.4 Å². The van der Waals surface area contributed by atoms with Gasteiger partial charge >= 0.3 is 0 Å². The molecule has 0 aromatic carbocycles. The first kappa shape index (κ1) is 28.1. The maximum Gasteiger partial charge on any atom is 0.187 e. The maximum atomic E-state index is 10.8. The predicted octanol–water partition coefficient (Wildman–Crippen LogP) is -0.214. The van der Waals surface area contributed by atoms with Gasteiger partial charge in [-0.1, -0.05) is 39.0 Å². The molecule has 0 amide bonds. The Kier molecular flexibility index (Phi) is 10.5. The Labute approximate surface area is 200 Å². The highest BCUT2D eigenvalue weighted by molar-refractivity contribution is 4.98. The van der Waals surface area contributed by atoms with E-state index in [0.29, 0.717) is 6.61 Å². The van der Waals surface area contributed by atoms with Gasteiger partial charge in [0, 0.05) is 6.61 Å². The molecular weight excluding hydrogens is 452 g/mol. The molecule has 5 N–H and O–H groups in total. The van der Waals surface area contributed by atoms with Gasteiger partial charge in [0.2, 0.25) is 0 Å². The van der Waals surface area contributed by atoms with Gasteiger partial charge in [0.15, 0.2) is 18.4 Å². The van der Waals surface area contributed by atoms with Crippen LogP contribution in [0.1, 0.15) is 59.3 Å². The van der Waals surface area contributed by atoms with Gasteiger partial charge in [-0.2, -0.15) is 0 Å². The molecule has 3 aliphatic heterocycles. The Hall–Kier alpha value is -0.440. The van der Waals surface area contributed by atoms with E-state index in [1.807, 2.05) is 0 Å². The lowest BCUT2D eigenvalue weighted by atomic mass is 9.97. The third kappa shape index (κ3) is 6.65. The lowest BCUT2D eigenvalue weighted by molar-refractivity contribution is -0.353. The van der Waals surface area contributed by atoms with Gasteiger partial charge in [0.1, 0.15) is 48.8 Å². The zero-order valence-electron chi connectivity index (χ0n) is 20.3. The number of hydrogen-bond donors (Lipinski definition) is 5. The molecule has 11 nitrogen and oxygen atoms in total. The Balaban J connectivity index is 1.56. The minimum atomic E-state index is -1.47. The average Bonchev–Trinajstić information content (AvgIpc) is 3.14. The van der Waals surface area contributed by atoms with E-state index in [4.69, 9.17) is 28.4 Å². The minimum absolute atomic E-state index is 0.350. The lowest BCUT2D eigenvalue weighted by Crippen LogP contribution is -2.64. The van der Waals surface area contributed by atoms with Crippen molar-refractivity contribution in [1.29, 1.82) is 0 Å². The molecule has 11 heteroatoms. The van der Waals surface area contributed by atoms with Crippen LogP contribution in [0.15, 0.2) is 0 Å². The Morgan fingerprint density at radius 3 is 2.03 bits per heavy atom. The number of aliphatic hydroxyl groups is 5. The van der Waals surface area contributed by atoms with Gasteiger partial charge in [-0.05, 0) is 20.3 Å². The molecule has 3 saturated heterocycles. The highest BCUT2D eigenvalue weighted by Crippen LogP contribution is 2.38. The highest BCUT2D eigenvalue weighted by atomic mass is 16.8. The normalized spacial score (nSPS) is 42.0. The second kappa shape index (κ2) is 12.7. The molecule has 3 aliphatic rings. The van der Waals surface area contributed by atoms with Crippen LogP contribution in [0, 0.1) is 0 Å². The zero-order chi connectivity index (χ0) is 24.9. The van der Waals surface area contributed by atoms with Crippen LogP contribution in [0.2, 0.25) is 0 Å². The second-order valence-corrected chi connectivity index (χ2v) is 9.73. The van der Waals surface area contributed by atoms with Crippen molar-refractivity contribution in [2.75, 3.05) is 19.8 Å². The number of unbranched alkanes of at least 4 members (excludes halogenated alkanes) is 5. The molecule has 3 fully saturated rings. The summed E-state index contributed by atoms with van der Waals surface area (Å²) in [6.07, 6.45) is -4.85. The summed E-state index contributed by atoms with van der Waals surface area (Å²) in [4.78, 5) is 0. The van der Waals surface area contributed by atoms with Crippen molar-refractivity contribution in [2.24, 2.45) is 0 Å². The summed E-state index contributed by atoms with van der Waals surface area (Å²) in [6.45, 7) is 4.96. The fourth-order valence-corrected chi connectivity index (χ4v) is 4.71. The monoisotopic (exact) mass is 494 g/mol. The molecule has 34 heavy (non-hydrogen) atoms. The quantitative estimate of drug-likeness (QED) is 0.229. The van der Waals surface area contributed by atoms with E-state index in [9.17, 15) is 25.5 Å². The summed E-state index contributed by atoms with van der Waals surface area (Å²) < 4.78 is 34.3. The molecule has 0 aromatic heterocycles. The van der Waals surface area contributed by atoms with Gasteiger partial charge in [-0.3, -0.25) is 0 Å². The van der Waals surface area contributed by atoms with Crippen molar-refractivity contribution < 1.29 is 54.0 Å². The Bertz CT molecular complexity index is 603. The first-order valence-corrected chi connectivity index (χ1v) is 12.4.